The van der Waals surface area contributed by atoms with E-state index >= 15 is 0 Å². The van der Waals surface area contributed by atoms with Gasteiger partial charge in [0, 0.05) is 0 Å². The molecule has 0 bridgehead atoms. The first-order valence-corrected chi connectivity index (χ1v) is 15.7. The third kappa shape index (κ3) is 2.85. The van der Waals surface area contributed by atoms with Gasteiger partial charge in [0.05, 0.1) is 0 Å². The summed E-state index contributed by atoms with van der Waals surface area (Å²) in [6, 6.07) is 0. The predicted octanol–water partition coefficient (Wildman–Crippen LogP) is 0.858. The summed E-state index contributed by atoms with van der Waals surface area (Å²) in [5.41, 5.74) is 0. The van der Waals surface area contributed by atoms with Gasteiger partial charge >= 0.3 is 101 Å². The van der Waals surface area contributed by atoms with Crippen LogP contribution in [0.5, 0.6) is 0 Å². The van der Waals surface area contributed by atoms with Crippen LogP contribution in [-0.2, 0) is 4.74 Å². The number of aromatic nitrogens is 2. The number of nitrogens with zero attached hydrogens (tertiary/aromatic N) is 3. The Hall–Kier alpha value is -0.361. The summed E-state index contributed by atoms with van der Waals surface area (Å²) in [5.74, 6) is 1.02. The van der Waals surface area contributed by atoms with Crippen molar-refractivity contribution >= 4 is 27.9 Å². The molecule has 0 N–H and O–H groups in total. The maximum atomic E-state index is 5.34. The topological polar surface area (TPSA) is 38.2 Å². The molecule has 5 heteroatoms. The number of ether oxygens (including phenoxy) is 1. The van der Waals surface area contributed by atoms with E-state index in [-0.39, 0.29) is 0 Å². The Kier molecular flexibility index (Phi) is 3.69. The third-order valence-corrected chi connectivity index (χ3v) is 7.80. The van der Waals surface area contributed by atoms with Crippen molar-refractivity contribution in [2.75, 3.05) is 31.2 Å². The molecule has 1 aliphatic heterocycles. The van der Waals surface area contributed by atoms with Crippen molar-refractivity contribution in [1.29, 1.82) is 0 Å². The number of rotatable bonds is 2. The van der Waals surface area contributed by atoms with Crippen LogP contribution < -0.4 is 8.61 Å². The molecule has 0 aliphatic carbocycles. The molecule has 1 aliphatic rings. The summed E-state index contributed by atoms with van der Waals surface area (Å²) >= 11 is -2.08. The van der Waals surface area contributed by atoms with Gasteiger partial charge in [-0.25, -0.2) is 0 Å². The summed E-state index contributed by atoms with van der Waals surface area (Å²) in [6.45, 7) is 3.45. The fourth-order valence-corrected chi connectivity index (χ4v) is 4.26. The molecule has 16 heavy (non-hydrogen) atoms. The Morgan fingerprint density at radius 1 is 1.19 bits per heavy atom. The molecule has 0 unspecified atom stereocenters. The molecule has 2 heterocycles. The zero-order chi connectivity index (χ0) is 11.6. The first-order chi connectivity index (χ1) is 7.57. The second-order valence-corrected chi connectivity index (χ2v) is 19.4. The van der Waals surface area contributed by atoms with E-state index in [1.165, 1.54) is 3.71 Å². The summed E-state index contributed by atoms with van der Waals surface area (Å²) < 4.78 is 6.59. The molecule has 0 aromatic carbocycles. The van der Waals surface area contributed by atoms with E-state index < -0.39 is 18.4 Å². The van der Waals surface area contributed by atoms with Crippen LogP contribution in [0.2, 0.25) is 14.8 Å². The van der Waals surface area contributed by atoms with Gasteiger partial charge < -0.3 is 0 Å². The average molecular weight is 328 g/mol. The van der Waals surface area contributed by atoms with Crippen molar-refractivity contribution in [2.24, 2.45) is 0 Å². The molecule has 1 fully saturated rings. The molecule has 1 aromatic rings. The van der Waals surface area contributed by atoms with Gasteiger partial charge in [-0.3, -0.25) is 0 Å². The van der Waals surface area contributed by atoms with Crippen molar-refractivity contribution in [1.82, 2.24) is 9.97 Å². The molecule has 2 rings (SSSR count). The van der Waals surface area contributed by atoms with Crippen LogP contribution in [0.4, 0.5) is 5.82 Å². The van der Waals surface area contributed by atoms with Crippen LogP contribution in [-0.4, -0.2) is 54.6 Å². The Labute approximate surface area is 101 Å². The second kappa shape index (κ2) is 4.87. The Bertz CT molecular complexity index is 358. The van der Waals surface area contributed by atoms with Crippen LogP contribution in [0, 0.1) is 0 Å². The van der Waals surface area contributed by atoms with E-state index in [2.05, 4.69) is 24.7 Å². The third-order valence-electron chi connectivity index (χ3n) is 2.73. The van der Waals surface area contributed by atoms with Gasteiger partial charge in [-0.15, -0.1) is 0 Å². The Morgan fingerprint density at radius 2 is 1.88 bits per heavy atom. The van der Waals surface area contributed by atoms with E-state index in [4.69, 9.17) is 9.72 Å². The minimum atomic E-state index is -2.08. The molecule has 88 valence electrons. The predicted molar refractivity (Wildman–Crippen MR) is 68.0 cm³/mol. The van der Waals surface area contributed by atoms with Crippen molar-refractivity contribution in [3.63, 3.8) is 0 Å². The fraction of sp³-hybridized carbons (Fsp3) is 0.636. The molecule has 4 nitrogen and oxygen atoms in total. The van der Waals surface area contributed by atoms with E-state index in [9.17, 15) is 0 Å². The summed E-state index contributed by atoms with van der Waals surface area (Å²) in [7, 11) is 0. The molecule has 0 atom stereocenters. The molecule has 1 saturated heterocycles. The fourth-order valence-electron chi connectivity index (χ4n) is 1.66. The van der Waals surface area contributed by atoms with Crippen molar-refractivity contribution < 1.29 is 4.74 Å². The molecular formula is C11H19N3OSn. The van der Waals surface area contributed by atoms with Gasteiger partial charge in [-0.1, -0.05) is 0 Å². The Balaban J connectivity index is 2.21. The number of hydrogen-bond acceptors (Lipinski definition) is 4. The summed E-state index contributed by atoms with van der Waals surface area (Å²) in [5, 5.41) is 0. The van der Waals surface area contributed by atoms with E-state index in [0.717, 1.165) is 32.1 Å². The first kappa shape index (κ1) is 12.1. The van der Waals surface area contributed by atoms with E-state index in [1.807, 2.05) is 12.4 Å². The van der Waals surface area contributed by atoms with Crippen molar-refractivity contribution in [2.45, 2.75) is 14.8 Å². The summed E-state index contributed by atoms with van der Waals surface area (Å²) in [4.78, 5) is 18.5. The number of morpholine rings is 1. The van der Waals surface area contributed by atoms with Crippen LogP contribution >= 0.6 is 0 Å². The van der Waals surface area contributed by atoms with Crippen LogP contribution in [0.1, 0.15) is 0 Å². The van der Waals surface area contributed by atoms with Gasteiger partial charge in [-0.2, -0.15) is 0 Å². The molecule has 0 amide bonds. The second-order valence-electron chi connectivity index (χ2n) is 5.11. The van der Waals surface area contributed by atoms with Crippen molar-refractivity contribution in [3.05, 3.63) is 12.4 Å². The normalized spacial score (nSPS) is 17.6. The average Bonchev–Trinajstić information content (AvgIpc) is 2.29. The number of anilines is 1. The van der Waals surface area contributed by atoms with Gasteiger partial charge in [0.1, 0.15) is 0 Å². The van der Waals surface area contributed by atoms with Gasteiger partial charge in [0.15, 0.2) is 0 Å². The van der Waals surface area contributed by atoms with Gasteiger partial charge in [-0.05, 0) is 0 Å². The zero-order valence-corrected chi connectivity index (χ0v) is 13.1. The van der Waals surface area contributed by atoms with E-state index in [0.29, 0.717) is 0 Å². The molecule has 0 saturated carbocycles. The van der Waals surface area contributed by atoms with Gasteiger partial charge in [0.2, 0.25) is 0 Å². The first-order valence-electron chi connectivity index (χ1n) is 5.72. The summed E-state index contributed by atoms with van der Waals surface area (Å²) in [6.07, 6.45) is 3.81. The Morgan fingerprint density at radius 3 is 2.50 bits per heavy atom. The SMILES string of the molecule is [CH3][Sn]([CH3])([CH3])[c]1cncc(N2CCOCC2)n1. The van der Waals surface area contributed by atoms with E-state index in [1.54, 1.807) is 0 Å². The maximum absolute atomic E-state index is 5.34. The monoisotopic (exact) mass is 329 g/mol. The van der Waals surface area contributed by atoms with Crippen LogP contribution in [0.3, 0.4) is 0 Å². The van der Waals surface area contributed by atoms with Crippen molar-refractivity contribution in [3.8, 4) is 0 Å². The molecule has 1 aromatic heterocycles. The molecular weight excluding hydrogens is 309 g/mol. The minimum absolute atomic E-state index is 0.796. The molecule has 0 spiro atoms. The van der Waals surface area contributed by atoms with Gasteiger partial charge in [0.25, 0.3) is 0 Å². The molecule has 0 radical (unpaired) electrons. The zero-order valence-electron chi connectivity index (χ0n) is 10.2. The van der Waals surface area contributed by atoms with Crippen LogP contribution in [0.15, 0.2) is 12.4 Å². The standard InChI is InChI=1S/C8H10N3O.3CH3.Sn/c1-2-10-8(7-9-1)11-3-5-12-6-4-11;;;;/h1,7H,3-6H2;3*1H3;. The number of hydrogen-bond donors (Lipinski definition) is 0. The van der Waals surface area contributed by atoms with Crippen LogP contribution in [0.25, 0.3) is 0 Å². The quantitative estimate of drug-likeness (QED) is 0.755.